The number of thiazole rings is 1. The van der Waals surface area contributed by atoms with Crippen molar-refractivity contribution in [3.05, 3.63) is 63.8 Å². The van der Waals surface area contributed by atoms with Crippen molar-refractivity contribution < 1.29 is 4.79 Å². The Bertz CT molecular complexity index is 796. The quantitative estimate of drug-likeness (QED) is 0.683. The topological polar surface area (TPSA) is 33.2 Å². The van der Waals surface area contributed by atoms with Crippen LogP contribution in [0.25, 0.3) is 10.6 Å². The monoisotopic (exact) mass is 340 g/mol. The van der Waals surface area contributed by atoms with Gasteiger partial charge in [-0.15, -0.1) is 11.3 Å². The summed E-state index contributed by atoms with van der Waals surface area (Å²) in [6.07, 6.45) is 2.07. The molecule has 4 rings (SSSR count). The molecule has 0 bridgehead atoms. The Hall–Kier alpha value is -1.98. The Labute approximate surface area is 143 Å². The van der Waals surface area contributed by atoms with Gasteiger partial charge >= 0.3 is 0 Å². The molecule has 1 fully saturated rings. The summed E-state index contributed by atoms with van der Waals surface area (Å²) in [7, 11) is 0. The number of benzene rings is 1. The van der Waals surface area contributed by atoms with Crippen molar-refractivity contribution in [1.29, 1.82) is 0 Å². The Kier molecular flexibility index (Phi) is 3.97. The van der Waals surface area contributed by atoms with E-state index >= 15 is 0 Å². The molecule has 1 aliphatic rings. The zero-order chi connectivity index (χ0) is 15.6. The first kappa shape index (κ1) is 14.6. The van der Waals surface area contributed by atoms with Crippen LogP contribution in [-0.2, 0) is 0 Å². The van der Waals surface area contributed by atoms with E-state index in [0.717, 1.165) is 30.0 Å². The zero-order valence-corrected chi connectivity index (χ0v) is 14.1. The molecular formula is C18H16N2OS2. The van der Waals surface area contributed by atoms with E-state index in [2.05, 4.69) is 22.5 Å². The number of thiophene rings is 1. The smallest absolute Gasteiger partial charge is 0.273 e. The van der Waals surface area contributed by atoms with E-state index in [1.165, 1.54) is 16.9 Å². The second-order valence-electron chi connectivity index (χ2n) is 5.62. The van der Waals surface area contributed by atoms with E-state index < -0.39 is 0 Å². The van der Waals surface area contributed by atoms with Crippen molar-refractivity contribution in [1.82, 2.24) is 9.88 Å². The number of rotatable bonds is 3. The maximum atomic E-state index is 12.9. The third-order valence-electron chi connectivity index (χ3n) is 4.19. The summed E-state index contributed by atoms with van der Waals surface area (Å²) < 4.78 is 0. The lowest BCUT2D eigenvalue weighted by molar-refractivity contribution is 0.0730. The van der Waals surface area contributed by atoms with Crippen LogP contribution in [0.1, 0.15) is 34.9 Å². The fourth-order valence-corrected chi connectivity index (χ4v) is 4.58. The number of nitrogens with zero attached hydrogens (tertiary/aromatic N) is 2. The molecule has 1 amide bonds. The summed E-state index contributed by atoms with van der Waals surface area (Å²) >= 11 is 3.19. The van der Waals surface area contributed by atoms with Gasteiger partial charge in [-0.1, -0.05) is 30.3 Å². The molecule has 0 radical (unpaired) electrons. The van der Waals surface area contributed by atoms with Crippen molar-refractivity contribution in [2.45, 2.75) is 18.9 Å². The molecule has 3 aromatic rings. The molecule has 1 aliphatic heterocycles. The molecule has 1 aromatic carbocycles. The number of carbonyl (C=O) groups is 1. The highest BCUT2D eigenvalue weighted by molar-refractivity contribution is 7.14. The van der Waals surface area contributed by atoms with Gasteiger partial charge in [-0.05, 0) is 29.9 Å². The predicted molar refractivity (Wildman–Crippen MR) is 94.9 cm³/mol. The predicted octanol–water partition coefficient (Wildman–Crippen LogP) is 4.85. The van der Waals surface area contributed by atoms with Crippen molar-refractivity contribution in [2.24, 2.45) is 0 Å². The Morgan fingerprint density at radius 1 is 1.17 bits per heavy atom. The van der Waals surface area contributed by atoms with Crippen LogP contribution in [0.2, 0.25) is 0 Å². The van der Waals surface area contributed by atoms with Gasteiger partial charge in [-0.2, -0.15) is 11.3 Å². The third-order valence-corrected chi connectivity index (χ3v) is 5.76. The van der Waals surface area contributed by atoms with E-state index in [9.17, 15) is 4.79 Å². The first-order valence-electron chi connectivity index (χ1n) is 7.67. The lowest BCUT2D eigenvalue weighted by atomic mass is 10.0. The van der Waals surface area contributed by atoms with E-state index in [-0.39, 0.29) is 11.9 Å². The Morgan fingerprint density at radius 2 is 2.04 bits per heavy atom. The third kappa shape index (κ3) is 2.82. The van der Waals surface area contributed by atoms with Crippen LogP contribution < -0.4 is 0 Å². The maximum Gasteiger partial charge on any atom is 0.273 e. The first-order valence-corrected chi connectivity index (χ1v) is 9.49. The normalized spacial score (nSPS) is 17.6. The Morgan fingerprint density at radius 3 is 2.83 bits per heavy atom. The van der Waals surface area contributed by atoms with Gasteiger partial charge in [0.2, 0.25) is 0 Å². The average Bonchev–Trinajstić information content (AvgIpc) is 3.35. The van der Waals surface area contributed by atoms with Gasteiger partial charge in [-0.25, -0.2) is 4.98 Å². The molecule has 1 atom stereocenters. The highest BCUT2D eigenvalue weighted by Crippen LogP contribution is 2.34. The van der Waals surface area contributed by atoms with Crippen LogP contribution in [-0.4, -0.2) is 22.3 Å². The van der Waals surface area contributed by atoms with Crippen LogP contribution in [0.3, 0.4) is 0 Å². The second-order valence-corrected chi connectivity index (χ2v) is 7.26. The first-order chi connectivity index (χ1) is 11.3. The van der Waals surface area contributed by atoms with E-state index in [1.54, 1.807) is 11.3 Å². The number of hydrogen-bond acceptors (Lipinski definition) is 4. The fourth-order valence-electron chi connectivity index (χ4n) is 3.07. The molecule has 116 valence electrons. The summed E-state index contributed by atoms with van der Waals surface area (Å²) in [5.74, 6) is 0.0501. The minimum Gasteiger partial charge on any atom is -0.330 e. The molecule has 0 aliphatic carbocycles. The number of amides is 1. The minimum absolute atomic E-state index is 0.0501. The lowest BCUT2D eigenvalue weighted by Gasteiger charge is -2.24. The number of likely N-dealkylation sites (tertiary alicyclic amines) is 1. The van der Waals surface area contributed by atoms with Gasteiger partial charge in [0.05, 0.1) is 6.04 Å². The summed E-state index contributed by atoms with van der Waals surface area (Å²) in [6, 6.07) is 12.5. The summed E-state index contributed by atoms with van der Waals surface area (Å²) in [5, 5.41) is 6.90. The molecule has 0 spiro atoms. The molecule has 5 heteroatoms. The molecule has 3 heterocycles. The molecule has 1 saturated heterocycles. The van der Waals surface area contributed by atoms with Gasteiger partial charge in [0.15, 0.2) is 0 Å². The largest absolute Gasteiger partial charge is 0.330 e. The fraction of sp³-hybridized carbons (Fsp3) is 0.222. The number of aromatic nitrogens is 1. The molecule has 1 unspecified atom stereocenters. The van der Waals surface area contributed by atoms with Crippen molar-refractivity contribution in [3.8, 4) is 10.6 Å². The maximum absolute atomic E-state index is 12.9. The lowest BCUT2D eigenvalue weighted by Crippen LogP contribution is -2.30. The van der Waals surface area contributed by atoms with Gasteiger partial charge in [0, 0.05) is 22.9 Å². The highest BCUT2D eigenvalue weighted by Gasteiger charge is 2.31. The van der Waals surface area contributed by atoms with Crippen molar-refractivity contribution in [2.75, 3.05) is 6.54 Å². The van der Waals surface area contributed by atoms with Crippen LogP contribution in [0.5, 0.6) is 0 Å². The van der Waals surface area contributed by atoms with Crippen molar-refractivity contribution >= 4 is 28.6 Å². The van der Waals surface area contributed by atoms with Crippen molar-refractivity contribution in [3.63, 3.8) is 0 Å². The van der Waals surface area contributed by atoms with E-state index in [1.807, 2.05) is 39.9 Å². The average molecular weight is 340 g/mol. The molecule has 0 saturated carbocycles. The Balaban J connectivity index is 1.59. The summed E-state index contributed by atoms with van der Waals surface area (Å²) in [6.45, 7) is 0.809. The van der Waals surface area contributed by atoms with Crippen LogP contribution in [0.4, 0.5) is 0 Å². The number of carbonyl (C=O) groups excluding carboxylic acids is 1. The van der Waals surface area contributed by atoms with E-state index in [0.29, 0.717) is 5.69 Å². The molecule has 0 N–H and O–H groups in total. The summed E-state index contributed by atoms with van der Waals surface area (Å²) in [4.78, 5) is 19.4. The zero-order valence-electron chi connectivity index (χ0n) is 12.5. The summed E-state index contributed by atoms with van der Waals surface area (Å²) in [5.41, 5.74) is 2.88. The van der Waals surface area contributed by atoms with E-state index in [4.69, 9.17) is 0 Å². The van der Waals surface area contributed by atoms with Gasteiger partial charge < -0.3 is 4.90 Å². The van der Waals surface area contributed by atoms with Crippen LogP contribution >= 0.6 is 22.7 Å². The van der Waals surface area contributed by atoms with Crippen LogP contribution in [0, 0.1) is 0 Å². The molecule has 2 aromatic heterocycles. The van der Waals surface area contributed by atoms with Gasteiger partial charge in [0.1, 0.15) is 10.7 Å². The SMILES string of the molecule is O=C(c1csc(-c2ccsc2)n1)N1CCCC1c1ccccc1. The molecule has 3 nitrogen and oxygen atoms in total. The molecule has 23 heavy (non-hydrogen) atoms. The highest BCUT2D eigenvalue weighted by atomic mass is 32.1. The number of hydrogen-bond donors (Lipinski definition) is 0. The second kappa shape index (κ2) is 6.26. The minimum atomic E-state index is 0.0501. The standard InChI is InChI=1S/C18H16N2OS2/c21-18(15-12-23-17(19-15)14-8-10-22-11-14)20-9-4-7-16(20)13-5-2-1-3-6-13/h1-3,5-6,8,10-12,16H,4,7,9H2. The van der Waals surface area contributed by atoms with Gasteiger partial charge in [-0.3, -0.25) is 4.79 Å². The molecular weight excluding hydrogens is 324 g/mol. The van der Waals surface area contributed by atoms with Gasteiger partial charge in [0.25, 0.3) is 5.91 Å². The van der Waals surface area contributed by atoms with Crippen LogP contribution in [0.15, 0.2) is 52.5 Å².